The van der Waals surface area contributed by atoms with Gasteiger partial charge in [0.25, 0.3) is 0 Å². The second-order valence-corrected chi connectivity index (χ2v) is 4.83. The second kappa shape index (κ2) is 5.26. The van der Waals surface area contributed by atoms with Crippen LogP contribution >= 0.6 is 0 Å². The lowest BCUT2D eigenvalue weighted by molar-refractivity contribution is 0.774. The van der Waals surface area contributed by atoms with E-state index in [2.05, 4.69) is 50.5 Å². The summed E-state index contributed by atoms with van der Waals surface area (Å²) >= 11 is 0. The summed E-state index contributed by atoms with van der Waals surface area (Å²) in [5.41, 5.74) is 1.42. The molecule has 0 amide bonds. The molecule has 2 aromatic rings. The maximum Gasteiger partial charge on any atom is 0.224 e. The van der Waals surface area contributed by atoms with Gasteiger partial charge in [-0.3, -0.25) is 0 Å². The quantitative estimate of drug-likeness (QED) is 0.913. The molecule has 0 saturated carbocycles. The number of nitrogens with zero attached hydrogens (tertiary/aromatic N) is 3. The third-order valence-electron chi connectivity index (χ3n) is 3.65. The van der Waals surface area contributed by atoms with E-state index in [1.54, 1.807) is 0 Å². The molecule has 1 unspecified atom stereocenters. The molecule has 0 spiro atoms. The number of anilines is 2. The fourth-order valence-corrected chi connectivity index (χ4v) is 2.61. The van der Waals surface area contributed by atoms with Crippen LogP contribution in [0.3, 0.4) is 0 Å². The van der Waals surface area contributed by atoms with Crippen LogP contribution in [0, 0.1) is 0 Å². The molecule has 1 atom stereocenters. The molecule has 4 heteroatoms. The summed E-state index contributed by atoms with van der Waals surface area (Å²) in [6, 6.07) is 12.7. The first-order valence-electron chi connectivity index (χ1n) is 6.67. The normalized spacial score (nSPS) is 18.6. The standard InChI is InChI=1S/C15H18N4/c1-16-15-17-9-7-14(18-15)19-10-8-13(11-19)12-5-3-2-4-6-12/h2-7,9,13H,8,10-11H2,1H3,(H,16,17,18). The van der Waals surface area contributed by atoms with Gasteiger partial charge in [-0.25, -0.2) is 4.98 Å². The zero-order valence-corrected chi connectivity index (χ0v) is 11.1. The lowest BCUT2D eigenvalue weighted by Crippen LogP contribution is -2.20. The van der Waals surface area contributed by atoms with Gasteiger partial charge in [0.2, 0.25) is 5.95 Å². The van der Waals surface area contributed by atoms with E-state index in [-0.39, 0.29) is 0 Å². The average Bonchev–Trinajstić information content (AvgIpc) is 2.98. The predicted molar refractivity (Wildman–Crippen MR) is 77.6 cm³/mol. The molecule has 1 N–H and O–H groups in total. The number of benzene rings is 1. The summed E-state index contributed by atoms with van der Waals surface area (Å²) in [5, 5.41) is 2.98. The van der Waals surface area contributed by atoms with Crippen LogP contribution in [0.25, 0.3) is 0 Å². The van der Waals surface area contributed by atoms with E-state index in [1.165, 1.54) is 12.0 Å². The maximum atomic E-state index is 4.51. The highest BCUT2D eigenvalue weighted by molar-refractivity contribution is 5.44. The van der Waals surface area contributed by atoms with Crippen molar-refractivity contribution in [1.29, 1.82) is 0 Å². The fourth-order valence-electron chi connectivity index (χ4n) is 2.61. The van der Waals surface area contributed by atoms with Crippen molar-refractivity contribution in [3.05, 3.63) is 48.2 Å². The van der Waals surface area contributed by atoms with Crippen molar-refractivity contribution >= 4 is 11.8 Å². The molecule has 3 rings (SSSR count). The highest BCUT2D eigenvalue weighted by atomic mass is 15.2. The minimum atomic E-state index is 0.606. The zero-order chi connectivity index (χ0) is 13.1. The van der Waals surface area contributed by atoms with Crippen molar-refractivity contribution in [1.82, 2.24) is 9.97 Å². The van der Waals surface area contributed by atoms with E-state index < -0.39 is 0 Å². The smallest absolute Gasteiger partial charge is 0.224 e. The molecule has 98 valence electrons. The summed E-state index contributed by atoms with van der Waals surface area (Å²) in [5.74, 6) is 2.30. The molecule has 0 bridgehead atoms. The second-order valence-electron chi connectivity index (χ2n) is 4.83. The maximum absolute atomic E-state index is 4.51. The minimum absolute atomic E-state index is 0.606. The third kappa shape index (κ3) is 2.52. The Kier molecular flexibility index (Phi) is 3.31. The van der Waals surface area contributed by atoms with Crippen LogP contribution in [-0.2, 0) is 0 Å². The van der Waals surface area contributed by atoms with E-state index in [0.717, 1.165) is 18.9 Å². The van der Waals surface area contributed by atoms with Crippen LogP contribution in [0.1, 0.15) is 17.9 Å². The summed E-state index contributed by atoms with van der Waals surface area (Å²) in [4.78, 5) is 11.0. The van der Waals surface area contributed by atoms with Gasteiger partial charge in [0.15, 0.2) is 0 Å². The Balaban J connectivity index is 1.75. The summed E-state index contributed by atoms with van der Waals surface area (Å²) in [6.07, 6.45) is 2.99. The summed E-state index contributed by atoms with van der Waals surface area (Å²) in [6.45, 7) is 2.09. The third-order valence-corrected chi connectivity index (χ3v) is 3.65. The average molecular weight is 254 g/mol. The van der Waals surface area contributed by atoms with Crippen LogP contribution in [0.4, 0.5) is 11.8 Å². The lowest BCUT2D eigenvalue weighted by Gasteiger charge is -2.18. The molecule has 4 nitrogen and oxygen atoms in total. The molecular weight excluding hydrogens is 236 g/mol. The van der Waals surface area contributed by atoms with Gasteiger partial charge in [0.05, 0.1) is 0 Å². The van der Waals surface area contributed by atoms with Crippen molar-refractivity contribution in [3.8, 4) is 0 Å². The van der Waals surface area contributed by atoms with E-state index in [4.69, 9.17) is 0 Å². The molecule has 1 fully saturated rings. The minimum Gasteiger partial charge on any atom is -0.357 e. The molecule has 1 aromatic heterocycles. The number of hydrogen-bond acceptors (Lipinski definition) is 4. The van der Waals surface area contributed by atoms with Gasteiger partial charge in [0.1, 0.15) is 5.82 Å². The SMILES string of the molecule is CNc1nccc(N2CCC(c3ccccc3)C2)n1. The first-order chi connectivity index (χ1) is 9.36. The molecule has 1 saturated heterocycles. The topological polar surface area (TPSA) is 41.1 Å². The van der Waals surface area contributed by atoms with Crippen molar-refractivity contribution in [3.63, 3.8) is 0 Å². The van der Waals surface area contributed by atoms with Crippen LogP contribution in [0.5, 0.6) is 0 Å². The highest BCUT2D eigenvalue weighted by Crippen LogP contribution is 2.29. The molecule has 0 radical (unpaired) electrons. The molecule has 1 aromatic carbocycles. The molecular formula is C15H18N4. The Morgan fingerprint density at radius 1 is 1.21 bits per heavy atom. The van der Waals surface area contributed by atoms with Gasteiger partial charge in [-0.15, -0.1) is 0 Å². The summed E-state index contributed by atoms with van der Waals surface area (Å²) < 4.78 is 0. The first kappa shape index (κ1) is 12.0. The monoisotopic (exact) mass is 254 g/mol. The Bertz CT molecular complexity index is 541. The summed E-state index contributed by atoms with van der Waals surface area (Å²) in [7, 11) is 1.84. The van der Waals surface area contributed by atoms with Crippen molar-refractivity contribution in [2.24, 2.45) is 0 Å². The van der Waals surface area contributed by atoms with Crippen LogP contribution in [0.2, 0.25) is 0 Å². The molecule has 2 heterocycles. The van der Waals surface area contributed by atoms with Gasteiger partial charge in [-0.05, 0) is 18.1 Å². The first-order valence-corrected chi connectivity index (χ1v) is 6.67. The predicted octanol–water partition coefficient (Wildman–Crippen LogP) is 2.51. The highest BCUT2D eigenvalue weighted by Gasteiger charge is 2.24. The number of hydrogen-bond donors (Lipinski definition) is 1. The van der Waals surface area contributed by atoms with Gasteiger partial charge in [0, 0.05) is 32.3 Å². The van der Waals surface area contributed by atoms with Crippen molar-refractivity contribution in [2.45, 2.75) is 12.3 Å². The van der Waals surface area contributed by atoms with Crippen molar-refractivity contribution in [2.75, 3.05) is 30.4 Å². The number of nitrogens with one attached hydrogen (secondary N) is 1. The Labute approximate surface area is 113 Å². The number of rotatable bonds is 3. The van der Waals surface area contributed by atoms with E-state index in [1.807, 2.05) is 19.3 Å². The van der Waals surface area contributed by atoms with E-state index >= 15 is 0 Å². The van der Waals surface area contributed by atoms with E-state index in [0.29, 0.717) is 11.9 Å². The van der Waals surface area contributed by atoms with E-state index in [9.17, 15) is 0 Å². The molecule has 1 aliphatic heterocycles. The van der Waals surface area contributed by atoms with Gasteiger partial charge in [-0.2, -0.15) is 4.98 Å². The molecule has 0 aliphatic carbocycles. The fraction of sp³-hybridized carbons (Fsp3) is 0.333. The Hall–Kier alpha value is -2.10. The van der Waals surface area contributed by atoms with Gasteiger partial charge < -0.3 is 10.2 Å². The van der Waals surface area contributed by atoms with Crippen LogP contribution < -0.4 is 10.2 Å². The number of aromatic nitrogens is 2. The Morgan fingerprint density at radius 2 is 2.05 bits per heavy atom. The lowest BCUT2D eigenvalue weighted by atomic mass is 9.99. The molecule has 1 aliphatic rings. The van der Waals surface area contributed by atoms with Gasteiger partial charge >= 0.3 is 0 Å². The van der Waals surface area contributed by atoms with Crippen molar-refractivity contribution < 1.29 is 0 Å². The zero-order valence-electron chi connectivity index (χ0n) is 11.1. The largest absolute Gasteiger partial charge is 0.357 e. The van der Waals surface area contributed by atoms with Crippen LogP contribution in [0.15, 0.2) is 42.6 Å². The van der Waals surface area contributed by atoms with Gasteiger partial charge in [-0.1, -0.05) is 30.3 Å². The van der Waals surface area contributed by atoms with Crippen LogP contribution in [-0.4, -0.2) is 30.1 Å². The Morgan fingerprint density at radius 3 is 2.84 bits per heavy atom. The molecule has 19 heavy (non-hydrogen) atoms.